The molecule has 4 rings (SSSR count). The molecule has 150 valence electrons. The zero-order valence-electron chi connectivity index (χ0n) is 16.6. The molecule has 5 nitrogen and oxygen atoms in total. The van der Waals surface area contributed by atoms with Crippen LogP contribution in [0.15, 0.2) is 93.1 Å². The molecule has 0 amide bonds. The van der Waals surface area contributed by atoms with Gasteiger partial charge in [0.2, 0.25) is 0 Å². The predicted molar refractivity (Wildman–Crippen MR) is 124 cm³/mol. The Morgan fingerprint density at radius 3 is 2.27 bits per heavy atom. The summed E-state index contributed by atoms with van der Waals surface area (Å²) < 4.78 is 7.79. The van der Waals surface area contributed by atoms with Crippen molar-refractivity contribution in [3.8, 4) is 22.7 Å². The lowest BCUT2D eigenvalue weighted by Gasteiger charge is -2.05. The number of nitrogens with zero attached hydrogens (tertiary/aromatic N) is 2. The van der Waals surface area contributed by atoms with Gasteiger partial charge in [-0.25, -0.2) is 4.68 Å². The van der Waals surface area contributed by atoms with Crippen LogP contribution in [0.25, 0.3) is 16.9 Å². The number of aromatic nitrogens is 2. The topological polar surface area (TPSA) is 59.4 Å². The maximum absolute atomic E-state index is 13.4. The van der Waals surface area contributed by atoms with Crippen molar-refractivity contribution in [2.24, 2.45) is 4.99 Å². The summed E-state index contributed by atoms with van der Waals surface area (Å²) in [6.07, 6.45) is 0. The Labute approximate surface area is 182 Å². The van der Waals surface area contributed by atoms with Gasteiger partial charge in [-0.3, -0.25) is 14.9 Å². The van der Waals surface area contributed by atoms with Gasteiger partial charge >= 0.3 is 0 Å². The van der Waals surface area contributed by atoms with Crippen molar-refractivity contribution in [1.29, 1.82) is 0 Å². The molecule has 0 unspecified atom stereocenters. The fourth-order valence-electron chi connectivity index (χ4n) is 3.26. The molecule has 1 aromatic heterocycles. The van der Waals surface area contributed by atoms with Gasteiger partial charge in [0.1, 0.15) is 5.75 Å². The van der Waals surface area contributed by atoms with Crippen molar-refractivity contribution < 1.29 is 4.74 Å². The van der Waals surface area contributed by atoms with Crippen molar-refractivity contribution in [2.45, 2.75) is 6.92 Å². The van der Waals surface area contributed by atoms with Crippen LogP contribution in [0.5, 0.6) is 5.75 Å². The summed E-state index contributed by atoms with van der Waals surface area (Å²) >= 11 is 3.43. The monoisotopic (exact) mass is 461 g/mol. The summed E-state index contributed by atoms with van der Waals surface area (Å²) in [6.45, 7) is 1.86. The highest BCUT2D eigenvalue weighted by atomic mass is 79.9. The number of halogens is 1. The van der Waals surface area contributed by atoms with Gasteiger partial charge < -0.3 is 4.74 Å². The van der Waals surface area contributed by atoms with Gasteiger partial charge in [-0.15, -0.1) is 0 Å². The molecule has 0 aliphatic heterocycles. The quantitative estimate of drug-likeness (QED) is 0.385. The molecule has 0 spiro atoms. The van der Waals surface area contributed by atoms with Crippen LogP contribution in [0.4, 0.5) is 5.69 Å². The number of aromatic amines is 1. The number of nitrogens with one attached hydrogen (secondary N) is 1. The molecule has 0 fully saturated rings. The van der Waals surface area contributed by atoms with Crippen LogP contribution in [0.1, 0.15) is 12.5 Å². The van der Waals surface area contributed by atoms with E-state index in [1.54, 1.807) is 11.8 Å². The summed E-state index contributed by atoms with van der Waals surface area (Å²) in [4.78, 5) is 18.1. The molecule has 30 heavy (non-hydrogen) atoms. The van der Waals surface area contributed by atoms with Crippen LogP contribution in [0.3, 0.4) is 0 Å². The first-order valence-electron chi connectivity index (χ1n) is 9.43. The minimum absolute atomic E-state index is 0.148. The summed E-state index contributed by atoms with van der Waals surface area (Å²) in [5.74, 6) is 0.755. The van der Waals surface area contributed by atoms with Gasteiger partial charge in [0.25, 0.3) is 5.56 Å². The van der Waals surface area contributed by atoms with Crippen molar-refractivity contribution in [3.63, 3.8) is 0 Å². The highest BCUT2D eigenvalue weighted by Gasteiger charge is 2.19. The van der Waals surface area contributed by atoms with E-state index < -0.39 is 0 Å². The summed E-state index contributed by atoms with van der Waals surface area (Å²) in [5.41, 5.74) is 4.16. The molecule has 0 saturated heterocycles. The average molecular weight is 462 g/mol. The molecule has 0 atom stereocenters. The lowest BCUT2D eigenvalue weighted by atomic mass is 10.0. The number of benzene rings is 3. The number of para-hydroxylation sites is 1. The van der Waals surface area contributed by atoms with Gasteiger partial charge in [0.05, 0.1) is 35.5 Å². The molecule has 3 aromatic carbocycles. The molecule has 1 N–H and O–H groups in total. The SMILES string of the molecule is COc1ccc(-c2[nH]n(-c3ccccc3)c(=O)c2C(C)=Nc2ccc(Br)cc2)cc1. The van der Waals surface area contributed by atoms with Crippen molar-refractivity contribution in [2.75, 3.05) is 7.11 Å². The number of aliphatic imine (C=N–C) groups is 1. The molecule has 0 saturated carbocycles. The van der Waals surface area contributed by atoms with Gasteiger partial charge in [-0.1, -0.05) is 34.1 Å². The summed E-state index contributed by atoms with van der Waals surface area (Å²) in [7, 11) is 1.63. The van der Waals surface area contributed by atoms with Crippen molar-refractivity contribution >= 4 is 27.3 Å². The minimum atomic E-state index is -0.148. The minimum Gasteiger partial charge on any atom is -0.497 e. The number of methoxy groups -OCH3 is 1. The Hall–Kier alpha value is -3.38. The normalized spacial score (nSPS) is 11.5. The Bertz CT molecular complexity index is 1240. The van der Waals surface area contributed by atoms with E-state index in [1.165, 1.54) is 0 Å². The van der Waals surface area contributed by atoms with Crippen molar-refractivity contribution in [1.82, 2.24) is 9.78 Å². The number of rotatable bonds is 5. The first kappa shape index (κ1) is 19.9. The average Bonchev–Trinajstić information content (AvgIpc) is 3.13. The van der Waals surface area contributed by atoms with Crippen LogP contribution < -0.4 is 10.3 Å². The van der Waals surface area contributed by atoms with E-state index in [-0.39, 0.29) is 5.56 Å². The summed E-state index contributed by atoms with van der Waals surface area (Å²) in [6, 6.07) is 24.8. The highest BCUT2D eigenvalue weighted by Crippen LogP contribution is 2.25. The summed E-state index contributed by atoms with van der Waals surface area (Å²) in [5, 5.41) is 3.27. The van der Waals surface area contributed by atoms with E-state index in [0.717, 1.165) is 27.2 Å². The lowest BCUT2D eigenvalue weighted by molar-refractivity contribution is 0.415. The standard InChI is InChI=1S/C24H20BrN3O2/c1-16(26-19-12-10-18(25)11-13-19)22-23(17-8-14-21(30-2)15-9-17)27-28(24(22)29)20-6-4-3-5-7-20/h3-15,27H,1-2H3. The molecule has 0 aliphatic rings. The largest absolute Gasteiger partial charge is 0.497 e. The van der Waals surface area contributed by atoms with Crippen LogP contribution in [0, 0.1) is 0 Å². The highest BCUT2D eigenvalue weighted by molar-refractivity contribution is 9.10. The van der Waals surface area contributed by atoms with Gasteiger partial charge in [-0.2, -0.15) is 0 Å². The zero-order valence-corrected chi connectivity index (χ0v) is 18.2. The Morgan fingerprint density at radius 2 is 1.63 bits per heavy atom. The maximum Gasteiger partial charge on any atom is 0.280 e. The number of hydrogen-bond donors (Lipinski definition) is 1. The zero-order chi connectivity index (χ0) is 21.1. The Kier molecular flexibility index (Phi) is 5.68. The Balaban J connectivity index is 1.89. The smallest absolute Gasteiger partial charge is 0.280 e. The predicted octanol–water partition coefficient (Wildman–Crippen LogP) is 5.74. The third-order valence-corrected chi connectivity index (χ3v) is 5.30. The van der Waals surface area contributed by atoms with Crippen molar-refractivity contribution in [3.05, 3.63) is 99.3 Å². The molecule has 4 aromatic rings. The van der Waals surface area contributed by atoms with E-state index in [4.69, 9.17) is 9.73 Å². The number of hydrogen-bond acceptors (Lipinski definition) is 3. The molecular formula is C24H20BrN3O2. The molecule has 1 heterocycles. The molecular weight excluding hydrogens is 442 g/mol. The van der Waals surface area contributed by atoms with Crippen LogP contribution >= 0.6 is 15.9 Å². The second-order valence-electron chi connectivity index (χ2n) is 6.74. The molecule has 0 bridgehead atoms. The van der Waals surface area contributed by atoms with E-state index in [0.29, 0.717) is 17.0 Å². The fourth-order valence-corrected chi connectivity index (χ4v) is 3.53. The number of H-pyrrole nitrogens is 1. The van der Waals surface area contributed by atoms with Crippen LogP contribution in [-0.2, 0) is 0 Å². The van der Waals surface area contributed by atoms with E-state index in [1.807, 2.05) is 85.8 Å². The van der Waals surface area contributed by atoms with E-state index in [9.17, 15) is 4.79 Å². The first-order chi connectivity index (χ1) is 14.6. The van der Waals surface area contributed by atoms with Gasteiger partial charge in [-0.05, 0) is 67.6 Å². The first-order valence-corrected chi connectivity index (χ1v) is 10.2. The fraction of sp³-hybridized carbons (Fsp3) is 0.0833. The van der Waals surface area contributed by atoms with Crippen LogP contribution in [0.2, 0.25) is 0 Å². The third-order valence-electron chi connectivity index (χ3n) is 4.77. The van der Waals surface area contributed by atoms with Gasteiger partial charge in [0, 0.05) is 10.0 Å². The Morgan fingerprint density at radius 1 is 0.967 bits per heavy atom. The van der Waals surface area contributed by atoms with E-state index >= 15 is 0 Å². The second-order valence-corrected chi connectivity index (χ2v) is 7.66. The molecule has 0 aliphatic carbocycles. The molecule has 0 radical (unpaired) electrons. The number of ether oxygens (including phenoxy) is 1. The maximum atomic E-state index is 13.4. The third kappa shape index (κ3) is 4.00. The van der Waals surface area contributed by atoms with Crippen LogP contribution in [-0.4, -0.2) is 22.6 Å². The van der Waals surface area contributed by atoms with E-state index in [2.05, 4.69) is 21.0 Å². The molecule has 6 heteroatoms. The lowest BCUT2D eigenvalue weighted by Crippen LogP contribution is -2.19. The van der Waals surface area contributed by atoms with Gasteiger partial charge in [0.15, 0.2) is 0 Å². The second kappa shape index (κ2) is 8.55.